The van der Waals surface area contributed by atoms with E-state index in [-0.39, 0.29) is 11.8 Å². The smallest absolute Gasteiger partial charge is 0.189 e. The normalized spacial score (nSPS) is 11.4. The van der Waals surface area contributed by atoms with Crippen LogP contribution in [0.25, 0.3) is 6.08 Å². The molecular weight excluding hydrogens is 250 g/mol. The Morgan fingerprint density at radius 3 is 2.65 bits per heavy atom. The van der Waals surface area contributed by atoms with Gasteiger partial charge < -0.3 is 0 Å². The maximum Gasteiger partial charge on any atom is 0.189 e. The molecule has 0 aliphatic carbocycles. The number of hydrogen-bond donors (Lipinski definition) is 0. The molecule has 0 bridgehead atoms. The first kappa shape index (κ1) is 14.2. The van der Waals surface area contributed by atoms with Gasteiger partial charge in [-0.1, -0.05) is 6.07 Å². The van der Waals surface area contributed by atoms with Crippen LogP contribution in [0.5, 0.6) is 0 Å². The Balaban J connectivity index is 2.28. The highest BCUT2D eigenvalue weighted by molar-refractivity contribution is 6.08. The van der Waals surface area contributed by atoms with Crippen molar-refractivity contribution < 1.29 is 4.79 Å². The summed E-state index contributed by atoms with van der Waals surface area (Å²) in [7, 11) is 0. The monoisotopic (exact) mass is 269 g/mol. The van der Waals surface area contributed by atoms with Crippen molar-refractivity contribution in [2.45, 2.75) is 33.7 Å². The summed E-state index contributed by atoms with van der Waals surface area (Å²) in [5, 5.41) is 4.44. The molecule has 0 unspecified atom stereocenters. The van der Waals surface area contributed by atoms with Gasteiger partial charge in [-0.2, -0.15) is 5.10 Å². The van der Waals surface area contributed by atoms with Crippen LogP contribution in [0.2, 0.25) is 0 Å². The molecule has 4 heteroatoms. The van der Waals surface area contributed by atoms with Gasteiger partial charge in [-0.3, -0.25) is 14.5 Å². The number of carbonyl (C=O) groups excluding carboxylic acids is 1. The first-order chi connectivity index (χ1) is 9.50. The van der Waals surface area contributed by atoms with Crippen LogP contribution in [-0.4, -0.2) is 20.5 Å². The molecule has 0 spiro atoms. The molecule has 0 aliphatic rings. The molecule has 2 aromatic rings. The summed E-state index contributed by atoms with van der Waals surface area (Å²) in [5.41, 5.74) is 3.29. The first-order valence-electron chi connectivity index (χ1n) is 6.69. The van der Waals surface area contributed by atoms with Crippen molar-refractivity contribution in [1.29, 1.82) is 0 Å². The fourth-order valence-corrected chi connectivity index (χ4v) is 2.25. The Morgan fingerprint density at radius 2 is 2.10 bits per heavy atom. The van der Waals surface area contributed by atoms with Gasteiger partial charge in [0.05, 0.1) is 11.3 Å². The van der Waals surface area contributed by atoms with E-state index in [0.29, 0.717) is 5.56 Å². The maximum absolute atomic E-state index is 12.3. The molecule has 20 heavy (non-hydrogen) atoms. The summed E-state index contributed by atoms with van der Waals surface area (Å²) >= 11 is 0. The molecule has 0 aromatic carbocycles. The van der Waals surface area contributed by atoms with Crippen molar-refractivity contribution in [3.05, 3.63) is 53.1 Å². The van der Waals surface area contributed by atoms with Gasteiger partial charge in [0, 0.05) is 24.1 Å². The topological polar surface area (TPSA) is 47.8 Å². The number of carbonyl (C=O) groups is 1. The number of rotatable bonds is 4. The van der Waals surface area contributed by atoms with Crippen LogP contribution >= 0.6 is 0 Å². The summed E-state index contributed by atoms with van der Waals surface area (Å²) in [6, 6.07) is 4.00. The Bertz CT molecular complexity index is 639. The summed E-state index contributed by atoms with van der Waals surface area (Å²) < 4.78 is 1.89. The fourth-order valence-electron chi connectivity index (χ4n) is 2.25. The van der Waals surface area contributed by atoms with E-state index in [0.717, 1.165) is 17.0 Å². The minimum absolute atomic E-state index is 0.0178. The molecular formula is C16H19N3O. The number of allylic oxidation sites excluding steroid dienone is 1. The minimum atomic E-state index is -0.0178. The summed E-state index contributed by atoms with van der Waals surface area (Å²) in [4.78, 5) is 16.4. The molecule has 0 saturated carbocycles. The van der Waals surface area contributed by atoms with E-state index < -0.39 is 0 Å². The first-order valence-corrected chi connectivity index (χ1v) is 6.69. The van der Waals surface area contributed by atoms with Gasteiger partial charge in [0.25, 0.3) is 0 Å². The van der Waals surface area contributed by atoms with Crippen LogP contribution in [-0.2, 0) is 0 Å². The quantitative estimate of drug-likeness (QED) is 0.631. The van der Waals surface area contributed by atoms with Crippen LogP contribution in [0.4, 0.5) is 0 Å². The zero-order valence-electron chi connectivity index (χ0n) is 12.3. The molecule has 0 aliphatic heterocycles. The van der Waals surface area contributed by atoms with E-state index in [1.807, 2.05) is 30.7 Å². The summed E-state index contributed by atoms with van der Waals surface area (Å²) in [5.74, 6) is -0.0178. The van der Waals surface area contributed by atoms with Gasteiger partial charge in [0.2, 0.25) is 0 Å². The van der Waals surface area contributed by atoms with Gasteiger partial charge >= 0.3 is 0 Å². The van der Waals surface area contributed by atoms with Crippen molar-refractivity contribution in [2.24, 2.45) is 0 Å². The molecule has 0 saturated heterocycles. The number of pyridine rings is 1. The lowest BCUT2D eigenvalue weighted by Gasteiger charge is -2.07. The van der Waals surface area contributed by atoms with Crippen LogP contribution in [0.1, 0.15) is 47.2 Å². The molecule has 0 atom stereocenters. The second kappa shape index (κ2) is 5.82. The molecule has 2 rings (SSSR count). The largest absolute Gasteiger partial charge is 0.289 e. The lowest BCUT2D eigenvalue weighted by molar-refractivity contribution is 0.104. The third-order valence-electron chi connectivity index (χ3n) is 3.17. The number of aryl methyl sites for hydroxylation is 1. The fraction of sp³-hybridized carbons (Fsp3) is 0.312. The van der Waals surface area contributed by atoms with Crippen molar-refractivity contribution in [3.8, 4) is 0 Å². The van der Waals surface area contributed by atoms with E-state index in [4.69, 9.17) is 0 Å². The van der Waals surface area contributed by atoms with Crippen molar-refractivity contribution in [3.63, 3.8) is 0 Å². The van der Waals surface area contributed by atoms with Crippen LogP contribution in [0.15, 0.2) is 30.6 Å². The average molecular weight is 269 g/mol. The van der Waals surface area contributed by atoms with Crippen molar-refractivity contribution >= 4 is 11.9 Å². The predicted octanol–water partition coefficient (Wildman–Crippen LogP) is 3.37. The predicted molar refractivity (Wildman–Crippen MR) is 79.7 cm³/mol. The molecule has 0 amide bonds. The van der Waals surface area contributed by atoms with Crippen molar-refractivity contribution in [1.82, 2.24) is 14.8 Å². The van der Waals surface area contributed by atoms with Crippen LogP contribution in [0, 0.1) is 13.8 Å². The highest BCUT2D eigenvalue weighted by Gasteiger charge is 2.17. The van der Waals surface area contributed by atoms with E-state index in [9.17, 15) is 4.79 Å². The Morgan fingerprint density at radius 1 is 1.35 bits per heavy atom. The third-order valence-corrected chi connectivity index (χ3v) is 3.17. The second-order valence-corrected chi connectivity index (χ2v) is 5.07. The van der Waals surface area contributed by atoms with E-state index in [2.05, 4.69) is 23.9 Å². The molecule has 0 radical (unpaired) electrons. The maximum atomic E-state index is 12.3. The average Bonchev–Trinajstić information content (AvgIpc) is 2.73. The molecule has 2 heterocycles. The minimum Gasteiger partial charge on any atom is -0.289 e. The standard InChI is InChI=1S/C16H19N3O/c1-11(2)19-13(4)16(12(3)18-19)15(20)8-7-14-6-5-9-17-10-14/h5-11H,1-4H3/b8-7+. The van der Waals surface area contributed by atoms with Gasteiger partial charge in [-0.05, 0) is 51.5 Å². The molecule has 2 aromatic heterocycles. The second-order valence-electron chi connectivity index (χ2n) is 5.07. The SMILES string of the molecule is Cc1nn(C(C)C)c(C)c1C(=O)/C=C/c1cccnc1. The van der Waals surface area contributed by atoms with Gasteiger partial charge in [0.1, 0.15) is 0 Å². The zero-order chi connectivity index (χ0) is 14.7. The Kier molecular flexibility index (Phi) is 4.13. The van der Waals surface area contributed by atoms with Crippen molar-refractivity contribution in [2.75, 3.05) is 0 Å². The Labute approximate surface area is 119 Å². The van der Waals surface area contributed by atoms with E-state index in [1.54, 1.807) is 24.5 Å². The summed E-state index contributed by atoms with van der Waals surface area (Å²) in [6.45, 7) is 7.92. The van der Waals surface area contributed by atoms with Crippen LogP contribution in [0.3, 0.4) is 0 Å². The van der Waals surface area contributed by atoms with Gasteiger partial charge in [-0.25, -0.2) is 0 Å². The highest BCUT2D eigenvalue weighted by Crippen LogP contribution is 2.18. The summed E-state index contributed by atoms with van der Waals surface area (Å²) in [6.07, 6.45) is 6.79. The van der Waals surface area contributed by atoms with Gasteiger partial charge in [-0.15, -0.1) is 0 Å². The molecule has 0 N–H and O–H groups in total. The highest BCUT2D eigenvalue weighted by atomic mass is 16.1. The number of nitrogens with zero attached hydrogens (tertiary/aromatic N) is 3. The number of aromatic nitrogens is 3. The lowest BCUT2D eigenvalue weighted by atomic mass is 10.1. The molecule has 4 nitrogen and oxygen atoms in total. The molecule has 104 valence electrons. The zero-order valence-corrected chi connectivity index (χ0v) is 12.3. The third kappa shape index (κ3) is 2.85. The lowest BCUT2D eigenvalue weighted by Crippen LogP contribution is -2.06. The Hall–Kier alpha value is -2.23. The van der Waals surface area contributed by atoms with E-state index in [1.165, 1.54) is 0 Å². The number of ketones is 1. The molecule has 0 fully saturated rings. The number of hydrogen-bond acceptors (Lipinski definition) is 3. The van der Waals surface area contributed by atoms with Crippen LogP contribution < -0.4 is 0 Å². The van der Waals surface area contributed by atoms with Gasteiger partial charge in [0.15, 0.2) is 5.78 Å². The van der Waals surface area contributed by atoms with E-state index >= 15 is 0 Å².